The number of aromatic nitrogens is 2. The molecule has 0 amide bonds. The van der Waals surface area contributed by atoms with E-state index in [0.29, 0.717) is 6.54 Å². The summed E-state index contributed by atoms with van der Waals surface area (Å²) in [4.78, 5) is 10.5. The molecule has 0 radical (unpaired) electrons. The SMILES string of the molecule is C=CCN(CC=C)c1cnc(CN)cn1. The standard InChI is InChI=1S/C11H16N4/c1-3-5-15(6-4-2)11-9-13-10(7-12)8-14-11/h3-4,8-9H,1-2,5-7,12H2. The summed E-state index contributed by atoms with van der Waals surface area (Å²) in [6, 6.07) is 0. The van der Waals surface area contributed by atoms with E-state index in [1.807, 2.05) is 17.1 Å². The molecule has 15 heavy (non-hydrogen) atoms. The Balaban J connectivity index is 2.80. The summed E-state index contributed by atoms with van der Waals surface area (Å²) in [6.07, 6.45) is 7.05. The van der Waals surface area contributed by atoms with Gasteiger partial charge < -0.3 is 10.6 Å². The number of hydrogen-bond acceptors (Lipinski definition) is 4. The third-order valence-electron chi connectivity index (χ3n) is 1.92. The Bertz CT molecular complexity index is 308. The van der Waals surface area contributed by atoms with E-state index in [9.17, 15) is 0 Å². The van der Waals surface area contributed by atoms with Crippen LogP contribution in [0.1, 0.15) is 5.69 Å². The van der Waals surface area contributed by atoms with Gasteiger partial charge in [0, 0.05) is 19.6 Å². The second kappa shape index (κ2) is 5.93. The molecule has 0 unspecified atom stereocenters. The molecule has 0 saturated carbocycles. The Morgan fingerprint density at radius 2 is 1.87 bits per heavy atom. The molecular weight excluding hydrogens is 188 g/mol. The smallest absolute Gasteiger partial charge is 0.147 e. The molecule has 0 atom stereocenters. The quantitative estimate of drug-likeness (QED) is 0.705. The highest BCUT2D eigenvalue weighted by Crippen LogP contribution is 2.08. The van der Waals surface area contributed by atoms with Gasteiger partial charge in [0.1, 0.15) is 5.82 Å². The maximum Gasteiger partial charge on any atom is 0.147 e. The number of hydrogen-bond donors (Lipinski definition) is 1. The second-order valence-corrected chi connectivity index (χ2v) is 3.05. The van der Waals surface area contributed by atoms with Crippen LogP contribution in [0.2, 0.25) is 0 Å². The van der Waals surface area contributed by atoms with Crippen molar-refractivity contribution in [3.8, 4) is 0 Å². The van der Waals surface area contributed by atoms with E-state index in [-0.39, 0.29) is 0 Å². The van der Waals surface area contributed by atoms with Crippen LogP contribution >= 0.6 is 0 Å². The number of nitrogens with two attached hydrogens (primary N) is 1. The summed E-state index contributed by atoms with van der Waals surface area (Å²) in [5.41, 5.74) is 6.23. The summed E-state index contributed by atoms with van der Waals surface area (Å²) in [5, 5.41) is 0. The zero-order valence-electron chi connectivity index (χ0n) is 8.76. The molecule has 0 spiro atoms. The first-order valence-electron chi connectivity index (χ1n) is 4.79. The van der Waals surface area contributed by atoms with Crippen LogP contribution in [-0.4, -0.2) is 23.1 Å². The molecule has 4 nitrogen and oxygen atoms in total. The fourth-order valence-electron chi connectivity index (χ4n) is 1.19. The third kappa shape index (κ3) is 3.18. The van der Waals surface area contributed by atoms with E-state index in [1.165, 1.54) is 0 Å². The molecule has 0 saturated heterocycles. The summed E-state index contributed by atoms with van der Waals surface area (Å²) in [5.74, 6) is 0.812. The lowest BCUT2D eigenvalue weighted by molar-refractivity contribution is 0.892. The van der Waals surface area contributed by atoms with Crippen molar-refractivity contribution in [2.45, 2.75) is 6.54 Å². The van der Waals surface area contributed by atoms with Crippen molar-refractivity contribution < 1.29 is 0 Å². The third-order valence-corrected chi connectivity index (χ3v) is 1.92. The number of rotatable bonds is 6. The van der Waals surface area contributed by atoms with Crippen LogP contribution in [0.4, 0.5) is 5.82 Å². The molecule has 1 heterocycles. The van der Waals surface area contributed by atoms with Crippen LogP contribution in [0, 0.1) is 0 Å². The first-order valence-corrected chi connectivity index (χ1v) is 4.79. The lowest BCUT2D eigenvalue weighted by Crippen LogP contribution is -2.24. The van der Waals surface area contributed by atoms with Crippen molar-refractivity contribution in [1.82, 2.24) is 9.97 Å². The van der Waals surface area contributed by atoms with Crippen molar-refractivity contribution in [3.63, 3.8) is 0 Å². The summed E-state index contributed by atoms with van der Waals surface area (Å²) in [6.45, 7) is 9.26. The van der Waals surface area contributed by atoms with Crippen molar-refractivity contribution in [3.05, 3.63) is 43.4 Å². The zero-order chi connectivity index (χ0) is 11.1. The first kappa shape index (κ1) is 11.4. The molecule has 4 heteroatoms. The van der Waals surface area contributed by atoms with Gasteiger partial charge in [-0.3, -0.25) is 4.98 Å². The molecule has 0 aliphatic rings. The van der Waals surface area contributed by atoms with E-state index in [2.05, 4.69) is 23.1 Å². The van der Waals surface area contributed by atoms with Crippen molar-refractivity contribution in [2.24, 2.45) is 5.73 Å². The molecule has 0 bridgehead atoms. The maximum atomic E-state index is 5.44. The van der Waals surface area contributed by atoms with Crippen molar-refractivity contribution in [1.29, 1.82) is 0 Å². The first-order chi connectivity index (χ1) is 7.31. The minimum Gasteiger partial charge on any atom is -0.348 e. The van der Waals surface area contributed by atoms with Gasteiger partial charge in [0.05, 0.1) is 18.1 Å². The van der Waals surface area contributed by atoms with Gasteiger partial charge in [-0.1, -0.05) is 12.2 Å². The summed E-state index contributed by atoms with van der Waals surface area (Å²) in [7, 11) is 0. The molecule has 80 valence electrons. The van der Waals surface area contributed by atoms with E-state index >= 15 is 0 Å². The lowest BCUT2D eigenvalue weighted by Gasteiger charge is -2.19. The highest BCUT2D eigenvalue weighted by atomic mass is 15.2. The van der Waals surface area contributed by atoms with Crippen molar-refractivity contribution in [2.75, 3.05) is 18.0 Å². The fraction of sp³-hybridized carbons (Fsp3) is 0.273. The Morgan fingerprint density at radius 1 is 1.20 bits per heavy atom. The Hall–Kier alpha value is -1.68. The largest absolute Gasteiger partial charge is 0.348 e. The Kier molecular flexibility index (Phi) is 4.50. The Morgan fingerprint density at radius 3 is 2.27 bits per heavy atom. The molecule has 2 N–H and O–H groups in total. The molecule has 0 fully saturated rings. The number of anilines is 1. The normalized spacial score (nSPS) is 9.67. The maximum absolute atomic E-state index is 5.44. The van der Waals surface area contributed by atoms with E-state index in [0.717, 1.165) is 24.6 Å². The van der Waals surface area contributed by atoms with Crippen molar-refractivity contribution >= 4 is 5.82 Å². The molecule has 1 rings (SSSR count). The van der Waals surface area contributed by atoms with Crippen LogP contribution in [0.3, 0.4) is 0 Å². The predicted molar refractivity (Wildman–Crippen MR) is 62.5 cm³/mol. The highest BCUT2D eigenvalue weighted by molar-refractivity contribution is 5.37. The van der Waals surface area contributed by atoms with Crippen LogP contribution in [0.5, 0.6) is 0 Å². The average molecular weight is 204 g/mol. The van der Waals surface area contributed by atoms with Gasteiger partial charge >= 0.3 is 0 Å². The van der Waals surface area contributed by atoms with Gasteiger partial charge in [0.15, 0.2) is 0 Å². The van der Waals surface area contributed by atoms with E-state index in [1.54, 1.807) is 12.4 Å². The number of nitrogens with zero attached hydrogens (tertiary/aromatic N) is 3. The van der Waals surface area contributed by atoms with Crippen LogP contribution in [0.25, 0.3) is 0 Å². The topological polar surface area (TPSA) is 55.0 Å². The predicted octanol–water partition coefficient (Wildman–Crippen LogP) is 1.11. The van der Waals surface area contributed by atoms with E-state index < -0.39 is 0 Å². The highest BCUT2D eigenvalue weighted by Gasteiger charge is 2.04. The molecule has 0 aromatic carbocycles. The summed E-state index contributed by atoms with van der Waals surface area (Å²) >= 11 is 0. The molecular formula is C11H16N4. The minimum absolute atomic E-state index is 0.413. The van der Waals surface area contributed by atoms with Gasteiger partial charge in [0.25, 0.3) is 0 Å². The van der Waals surface area contributed by atoms with Crippen LogP contribution < -0.4 is 10.6 Å². The Labute approximate surface area is 90.1 Å². The summed E-state index contributed by atoms with van der Waals surface area (Å²) < 4.78 is 0. The fourth-order valence-corrected chi connectivity index (χ4v) is 1.19. The second-order valence-electron chi connectivity index (χ2n) is 3.05. The van der Waals surface area contributed by atoms with Crippen LogP contribution in [0.15, 0.2) is 37.7 Å². The average Bonchev–Trinajstić information content (AvgIpc) is 2.29. The molecule has 1 aromatic rings. The van der Waals surface area contributed by atoms with Gasteiger partial charge in [-0.15, -0.1) is 13.2 Å². The van der Waals surface area contributed by atoms with E-state index in [4.69, 9.17) is 5.73 Å². The van der Waals surface area contributed by atoms with Gasteiger partial charge in [-0.2, -0.15) is 0 Å². The van der Waals surface area contributed by atoms with Crippen LogP contribution in [-0.2, 0) is 6.54 Å². The lowest BCUT2D eigenvalue weighted by atomic mass is 10.4. The zero-order valence-corrected chi connectivity index (χ0v) is 8.76. The monoisotopic (exact) mass is 204 g/mol. The van der Waals surface area contributed by atoms with Gasteiger partial charge in [-0.25, -0.2) is 4.98 Å². The van der Waals surface area contributed by atoms with Gasteiger partial charge in [0.2, 0.25) is 0 Å². The van der Waals surface area contributed by atoms with Gasteiger partial charge in [-0.05, 0) is 0 Å². The molecule has 1 aromatic heterocycles. The minimum atomic E-state index is 0.413. The molecule has 0 aliphatic heterocycles. The molecule has 0 aliphatic carbocycles.